The summed E-state index contributed by atoms with van der Waals surface area (Å²) in [7, 11) is 0. The first-order chi connectivity index (χ1) is 7.38. The number of carbonyl (C=O) groups excluding carboxylic acids is 1. The standard InChI is InChI=1S/C13H21NO2/c1-10(12(15)16-13(2,3)4)14-11-8-6-5-7-9-11/h5-6,8,10,14H,7,9H2,1-4H3/t10-/m0/s1. The van der Waals surface area contributed by atoms with Gasteiger partial charge in [-0.25, -0.2) is 4.79 Å². The van der Waals surface area contributed by atoms with Gasteiger partial charge in [-0.3, -0.25) is 0 Å². The second-order valence-corrected chi connectivity index (χ2v) is 5.06. The van der Waals surface area contributed by atoms with Crippen molar-refractivity contribution in [3.05, 3.63) is 23.9 Å². The average Bonchev–Trinajstić information content (AvgIpc) is 2.16. The summed E-state index contributed by atoms with van der Waals surface area (Å²) in [4.78, 5) is 11.7. The van der Waals surface area contributed by atoms with Gasteiger partial charge in [0.1, 0.15) is 11.6 Å². The molecule has 90 valence electrons. The van der Waals surface area contributed by atoms with Crippen LogP contribution in [0.4, 0.5) is 0 Å². The van der Waals surface area contributed by atoms with E-state index in [1.165, 1.54) is 0 Å². The van der Waals surface area contributed by atoms with Gasteiger partial charge in [0.05, 0.1) is 0 Å². The van der Waals surface area contributed by atoms with E-state index in [1.807, 2.05) is 39.8 Å². The number of rotatable bonds is 3. The van der Waals surface area contributed by atoms with Crippen LogP contribution in [0.3, 0.4) is 0 Å². The van der Waals surface area contributed by atoms with E-state index in [-0.39, 0.29) is 12.0 Å². The van der Waals surface area contributed by atoms with Gasteiger partial charge in [0.15, 0.2) is 0 Å². The van der Waals surface area contributed by atoms with Crippen molar-refractivity contribution in [3.63, 3.8) is 0 Å². The van der Waals surface area contributed by atoms with Crippen molar-refractivity contribution in [2.24, 2.45) is 0 Å². The Balaban J connectivity index is 2.45. The maximum Gasteiger partial charge on any atom is 0.328 e. The summed E-state index contributed by atoms with van der Waals surface area (Å²) in [5.41, 5.74) is 0.675. The number of hydrogen-bond acceptors (Lipinski definition) is 3. The topological polar surface area (TPSA) is 38.3 Å². The summed E-state index contributed by atoms with van der Waals surface area (Å²) in [6, 6.07) is -0.294. The third kappa shape index (κ3) is 4.51. The summed E-state index contributed by atoms with van der Waals surface area (Å²) < 4.78 is 5.29. The molecule has 3 heteroatoms. The molecule has 0 saturated heterocycles. The van der Waals surface area contributed by atoms with Gasteiger partial charge in [-0.2, -0.15) is 0 Å². The van der Waals surface area contributed by atoms with E-state index >= 15 is 0 Å². The number of ether oxygens (including phenoxy) is 1. The van der Waals surface area contributed by atoms with Crippen molar-refractivity contribution >= 4 is 5.97 Å². The molecule has 1 aliphatic carbocycles. The van der Waals surface area contributed by atoms with Crippen molar-refractivity contribution in [1.29, 1.82) is 0 Å². The molecule has 0 aromatic rings. The van der Waals surface area contributed by atoms with Gasteiger partial charge in [-0.05, 0) is 46.6 Å². The first-order valence-corrected chi connectivity index (χ1v) is 5.73. The van der Waals surface area contributed by atoms with Gasteiger partial charge < -0.3 is 10.1 Å². The zero-order valence-electron chi connectivity index (χ0n) is 10.5. The van der Waals surface area contributed by atoms with Crippen molar-refractivity contribution < 1.29 is 9.53 Å². The number of esters is 1. The Morgan fingerprint density at radius 2 is 2.19 bits per heavy atom. The van der Waals surface area contributed by atoms with Crippen molar-refractivity contribution in [1.82, 2.24) is 5.32 Å². The Hall–Kier alpha value is -1.25. The molecule has 0 fully saturated rings. The third-order valence-electron chi connectivity index (χ3n) is 2.18. The van der Waals surface area contributed by atoms with Crippen LogP contribution < -0.4 is 5.32 Å². The Labute approximate surface area is 97.6 Å². The normalized spacial score (nSPS) is 17.6. The minimum absolute atomic E-state index is 0.206. The van der Waals surface area contributed by atoms with Crippen LogP contribution in [0.25, 0.3) is 0 Å². The molecule has 16 heavy (non-hydrogen) atoms. The third-order valence-corrected chi connectivity index (χ3v) is 2.18. The lowest BCUT2D eigenvalue weighted by molar-refractivity contribution is -0.156. The minimum atomic E-state index is -0.423. The molecule has 1 aliphatic rings. The van der Waals surface area contributed by atoms with Crippen LogP contribution in [-0.2, 0) is 9.53 Å². The quantitative estimate of drug-likeness (QED) is 0.747. The summed E-state index contributed by atoms with van der Waals surface area (Å²) in [5, 5.41) is 3.18. The Morgan fingerprint density at radius 3 is 2.69 bits per heavy atom. The maximum atomic E-state index is 11.7. The fraction of sp³-hybridized carbons (Fsp3) is 0.615. The Morgan fingerprint density at radius 1 is 1.50 bits per heavy atom. The molecule has 0 heterocycles. The SMILES string of the molecule is C[C@H](NC1=CC=CCC1)C(=O)OC(C)(C)C. The zero-order chi connectivity index (χ0) is 12.2. The fourth-order valence-electron chi connectivity index (χ4n) is 1.45. The van der Waals surface area contributed by atoms with Crippen molar-refractivity contribution in [2.45, 2.75) is 52.2 Å². The smallest absolute Gasteiger partial charge is 0.328 e. The average molecular weight is 223 g/mol. The summed E-state index contributed by atoms with van der Waals surface area (Å²) in [6.07, 6.45) is 8.12. The Kier molecular flexibility index (Phi) is 4.16. The summed E-state index contributed by atoms with van der Waals surface area (Å²) in [6.45, 7) is 7.45. The van der Waals surface area contributed by atoms with Crippen LogP contribution in [0.15, 0.2) is 23.9 Å². The van der Waals surface area contributed by atoms with Crippen molar-refractivity contribution in [2.75, 3.05) is 0 Å². The van der Waals surface area contributed by atoms with Crippen LogP contribution in [0.1, 0.15) is 40.5 Å². The molecule has 1 atom stereocenters. The van der Waals surface area contributed by atoms with Crippen molar-refractivity contribution in [3.8, 4) is 0 Å². The first-order valence-electron chi connectivity index (χ1n) is 5.73. The van der Waals surface area contributed by atoms with Gasteiger partial charge >= 0.3 is 5.97 Å². The molecule has 1 N–H and O–H groups in total. The number of carbonyl (C=O) groups is 1. The molecule has 3 nitrogen and oxygen atoms in total. The molecule has 0 unspecified atom stereocenters. The van der Waals surface area contributed by atoms with E-state index < -0.39 is 5.60 Å². The zero-order valence-corrected chi connectivity index (χ0v) is 10.5. The number of allylic oxidation sites excluding steroid dienone is 4. The first kappa shape index (κ1) is 12.8. The van der Waals surface area contributed by atoms with Crippen LogP contribution in [-0.4, -0.2) is 17.6 Å². The molecule has 0 amide bonds. The van der Waals surface area contributed by atoms with E-state index in [0.717, 1.165) is 18.5 Å². The van der Waals surface area contributed by atoms with Crippen LogP contribution in [0.5, 0.6) is 0 Å². The van der Waals surface area contributed by atoms with Gasteiger partial charge in [-0.1, -0.05) is 12.2 Å². The molecular formula is C13H21NO2. The lowest BCUT2D eigenvalue weighted by Crippen LogP contribution is -2.38. The highest BCUT2D eigenvalue weighted by molar-refractivity contribution is 5.76. The second-order valence-electron chi connectivity index (χ2n) is 5.06. The molecule has 0 aromatic heterocycles. The highest BCUT2D eigenvalue weighted by atomic mass is 16.6. The highest BCUT2D eigenvalue weighted by Crippen LogP contribution is 2.12. The molecule has 0 spiro atoms. The monoisotopic (exact) mass is 223 g/mol. The van der Waals surface area contributed by atoms with Gasteiger partial charge in [0.2, 0.25) is 0 Å². The molecule has 0 bridgehead atoms. The second kappa shape index (κ2) is 5.19. The molecule has 0 saturated carbocycles. The predicted molar refractivity (Wildman–Crippen MR) is 64.9 cm³/mol. The van der Waals surface area contributed by atoms with E-state index in [9.17, 15) is 4.79 Å². The van der Waals surface area contributed by atoms with Crippen LogP contribution >= 0.6 is 0 Å². The molecule has 0 aromatic carbocycles. The molecule has 0 radical (unpaired) electrons. The summed E-state index contributed by atoms with van der Waals surface area (Å²) >= 11 is 0. The van der Waals surface area contributed by atoms with E-state index in [2.05, 4.69) is 11.4 Å². The minimum Gasteiger partial charge on any atom is -0.458 e. The lowest BCUT2D eigenvalue weighted by Gasteiger charge is -2.24. The number of nitrogens with one attached hydrogen (secondary N) is 1. The van der Waals surface area contributed by atoms with Gasteiger partial charge in [0, 0.05) is 5.70 Å². The summed E-state index contributed by atoms with van der Waals surface area (Å²) in [5.74, 6) is -0.206. The van der Waals surface area contributed by atoms with Crippen LogP contribution in [0, 0.1) is 0 Å². The Bertz CT molecular complexity index is 310. The molecule has 0 aliphatic heterocycles. The van der Waals surface area contributed by atoms with E-state index in [4.69, 9.17) is 4.74 Å². The largest absolute Gasteiger partial charge is 0.458 e. The molecule has 1 rings (SSSR count). The highest BCUT2D eigenvalue weighted by Gasteiger charge is 2.21. The number of hydrogen-bond donors (Lipinski definition) is 1. The predicted octanol–water partition coefficient (Wildman–Crippen LogP) is 2.54. The molecular weight excluding hydrogens is 202 g/mol. The van der Waals surface area contributed by atoms with Gasteiger partial charge in [-0.15, -0.1) is 0 Å². The fourth-order valence-corrected chi connectivity index (χ4v) is 1.45. The maximum absolute atomic E-state index is 11.7. The van der Waals surface area contributed by atoms with E-state index in [0.29, 0.717) is 0 Å². The van der Waals surface area contributed by atoms with Gasteiger partial charge in [0.25, 0.3) is 0 Å². The van der Waals surface area contributed by atoms with Crippen LogP contribution in [0.2, 0.25) is 0 Å². The van der Waals surface area contributed by atoms with E-state index in [1.54, 1.807) is 0 Å². The lowest BCUT2D eigenvalue weighted by atomic mass is 10.1.